The lowest BCUT2D eigenvalue weighted by atomic mass is 9.75. The number of nitrogens with one attached hydrogen (secondary N) is 2. The number of fused-ring (bicyclic) bond motifs is 4. The molecule has 4 bridgehead atoms. The van der Waals surface area contributed by atoms with E-state index in [2.05, 4.69) is 58.8 Å². The van der Waals surface area contributed by atoms with Gasteiger partial charge in [0.2, 0.25) is 11.8 Å². The van der Waals surface area contributed by atoms with Crippen molar-refractivity contribution in [2.45, 2.75) is 100 Å². The van der Waals surface area contributed by atoms with Crippen LogP contribution >= 0.6 is 23.2 Å². The molecule has 6 rings (SSSR count). The first kappa shape index (κ1) is 31.8. The van der Waals surface area contributed by atoms with Gasteiger partial charge in [0.25, 0.3) is 0 Å². The Labute approximate surface area is 273 Å². The van der Waals surface area contributed by atoms with E-state index in [4.69, 9.17) is 23.2 Å². The van der Waals surface area contributed by atoms with Crippen LogP contribution in [0, 0.1) is 11.8 Å². The fraction of sp³-hybridized carbons (Fsp3) is 0.611. The van der Waals surface area contributed by atoms with Crippen molar-refractivity contribution < 1.29 is 9.59 Å². The molecule has 44 heavy (non-hydrogen) atoms. The van der Waals surface area contributed by atoms with Gasteiger partial charge < -0.3 is 10.6 Å². The van der Waals surface area contributed by atoms with Gasteiger partial charge in [-0.15, -0.1) is 0 Å². The van der Waals surface area contributed by atoms with Gasteiger partial charge in [0.15, 0.2) is 0 Å². The van der Waals surface area contributed by atoms with Crippen LogP contribution in [0.2, 0.25) is 10.0 Å². The minimum Gasteiger partial charge on any atom is -0.356 e. The summed E-state index contributed by atoms with van der Waals surface area (Å²) in [5.74, 6) is 0.806. The summed E-state index contributed by atoms with van der Waals surface area (Å²) in [5, 5.41) is 8.05. The Morgan fingerprint density at radius 2 is 1.02 bits per heavy atom. The lowest BCUT2D eigenvalue weighted by molar-refractivity contribution is -0.130. The normalized spacial score (nSPS) is 31.6. The van der Waals surface area contributed by atoms with E-state index in [1.54, 1.807) is 0 Å². The van der Waals surface area contributed by atoms with E-state index >= 15 is 0 Å². The van der Waals surface area contributed by atoms with Crippen LogP contribution in [-0.4, -0.2) is 73.0 Å². The van der Waals surface area contributed by atoms with Crippen molar-refractivity contribution in [1.29, 1.82) is 0 Å². The zero-order chi connectivity index (χ0) is 30.8. The van der Waals surface area contributed by atoms with Gasteiger partial charge in [0.1, 0.15) is 0 Å². The number of halogens is 2. The smallest absolute Gasteiger partial charge is 0.225 e. The highest BCUT2D eigenvalue weighted by atomic mass is 35.5. The molecule has 2 amide bonds. The predicted molar refractivity (Wildman–Crippen MR) is 178 cm³/mol. The van der Waals surface area contributed by atoms with Crippen molar-refractivity contribution in [3.05, 3.63) is 69.7 Å². The van der Waals surface area contributed by atoms with Crippen LogP contribution in [0.15, 0.2) is 48.5 Å². The van der Waals surface area contributed by atoms with Gasteiger partial charge in [-0.2, -0.15) is 0 Å². The Kier molecular flexibility index (Phi) is 10.2. The summed E-state index contributed by atoms with van der Waals surface area (Å²) >= 11 is 12.3. The van der Waals surface area contributed by atoms with Crippen LogP contribution in [0.3, 0.4) is 0 Å². The van der Waals surface area contributed by atoms with E-state index in [-0.39, 0.29) is 35.5 Å². The van der Waals surface area contributed by atoms with Crippen LogP contribution in [0.5, 0.6) is 0 Å². The first-order valence-electron chi connectivity index (χ1n) is 16.8. The summed E-state index contributed by atoms with van der Waals surface area (Å²) in [6.45, 7) is 1.41. The molecule has 6 nitrogen and oxygen atoms in total. The number of carbonyl (C=O) groups is 2. The van der Waals surface area contributed by atoms with Crippen molar-refractivity contribution in [1.82, 2.24) is 20.4 Å². The average molecular weight is 640 g/mol. The van der Waals surface area contributed by atoms with Crippen molar-refractivity contribution in [3.8, 4) is 0 Å². The molecule has 0 unspecified atom stereocenters. The van der Waals surface area contributed by atoms with Gasteiger partial charge in [-0.3, -0.25) is 19.4 Å². The first-order chi connectivity index (χ1) is 21.3. The number of unbranched alkanes of at least 4 members (excludes halogenated alkanes) is 3. The quantitative estimate of drug-likeness (QED) is 0.272. The molecule has 0 aliphatic carbocycles. The minimum absolute atomic E-state index is 0.0270. The van der Waals surface area contributed by atoms with Crippen molar-refractivity contribution in [2.75, 3.05) is 27.2 Å². The maximum Gasteiger partial charge on any atom is 0.225 e. The summed E-state index contributed by atoms with van der Waals surface area (Å²) in [7, 11) is 4.38. The molecule has 2 N–H and O–H groups in total. The topological polar surface area (TPSA) is 64.7 Å². The van der Waals surface area contributed by atoms with Crippen LogP contribution in [0.25, 0.3) is 0 Å². The molecule has 8 heteroatoms. The molecule has 4 aliphatic heterocycles. The number of piperidine rings is 2. The minimum atomic E-state index is -0.0270. The summed E-state index contributed by atoms with van der Waals surface area (Å²) in [6.07, 6.45) is 10.6. The van der Waals surface area contributed by atoms with Crippen molar-refractivity contribution in [2.24, 2.45) is 11.8 Å². The molecule has 4 fully saturated rings. The number of hydrogen-bond acceptors (Lipinski definition) is 4. The second-order valence-corrected chi connectivity index (χ2v) is 14.6. The van der Waals surface area contributed by atoms with Crippen LogP contribution in [0.4, 0.5) is 0 Å². The second-order valence-electron chi connectivity index (χ2n) is 13.8. The zero-order valence-corrected chi connectivity index (χ0v) is 27.7. The summed E-state index contributed by atoms with van der Waals surface area (Å²) in [4.78, 5) is 32.0. The lowest BCUT2D eigenvalue weighted by Crippen LogP contribution is -2.51. The van der Waals surface area contributed by atoms with Gasteiger partial charge in [0.05, 0.1) is 11.8 Å². The summed E-state index contributed by atoms with van der Waals surface area (Å²) < 4.78 is 0. The zero-order valence-electron chi connectivity index (χ0n) is 26.2. The molecular formula is C36H48Cl2N4O2. The maximum absolute atomic E-state index is 13.5. The van der Waals surface area contributed by atoms with Gasteiger partial charge in [-0.1, -0.05) is 60.3 Å². The molecule has 8 atom stereocenters. The first-order valence-corrected chi connectivity index (χ1v) is 17.6. The largest absolute Gasteiger partial charge is 0.356 e. The third-order valence-electron chi connectivity index (χ3n) is 11.4. The predicted octanol–water partition coefficient (Wildman–Crippen LogP) is 6.62. The molecule has 0 aromatic heterocycles. The average Bonchev–Trinajstić information content (AvgIpc) is 3.38. The van der Waals surface area contributed by atoms with Crippen molar-refractivity contribution >= 4 is 35.0 Å². The molecule has 0 saturated carbocycles. The number of carbonyl (C=O) groups excluding carboxylic acids is 2. The SMILES string of the molecule is CN1[C@H]2CC[C@@H]1[C@@H](C(=O)NCCCCCCNC(=O)[C@H]1[C@@H](c3ccc(Cl)cc3)C[C@@H]3CC[C@H]1N3C)[C@@H](c1ccc(Cl)cc1)C2. The fourth-order valence-corrected chi connectivity index (χ4v) is 9.27. The number of nitrogens with zero attached hydrogens (tertiary/aromatic N) is 2. The highest BCUT2D eigenvalue weighted by Crippen LogP contribution is 2.47. The molecular weight excluding hydrogens is 591 g/mol. The van der Waals surface area contributed by atoms with Crippen LogP contribution < -0.4 is 10.6 Å². The second kappa shape index (κ2) is 14.1. The molecule has 0 radical (unpaired) electrons. The Morgan fingerprint density at radius 3 is 1.41 bits per heavy atom. The molecule has 2 aromatic rings. The van der Waals surface area contributed by atoms with Gasteiger partial charge in [-0.05, 0) is 113 Å². The molecule has 4 saturated heterocycles. The Morgan fingerprint density at radius 1 is 0.636 bits per heavy atom. The van der Waals surface area contributed by atoms with E-state index in [1.807, 2.05) is 24.3 Å². The highest BCUT2D eigenvalue weighted by molar-refractivity contribution is 6.30. The Balaban J connectivity index is 0.942. The molecule has 4 aliphatic rings. The molecule has 2 aromatic carbocycles. The van der Waals surface area contributed by atoms with Crippen molar-refractivity contribution in [3.63, 3.8) is 0 Å². The standard InChI is InChI=1S/C36H48Cl2N4O2/c1-41-27-15-17-31(41)33(29(21-27)23-7-11-25(37)12-8-23)35(43)39-19-5-3-4-6-20-40-36(44)34-30(24-9-13-26(38)14-10-24)22-28-16-18-32(34)42(28)2/h7-14,27-34H,3-6,15-22H2,1-2H3,(H,39,43)(H,40,44)/t27-,28-,29+,30+,31+,32+,33-,34-/m0/s1. The lowest BCUT2D eigenvalue weighted by Gasteiger charge is -2.42. The van der Waals surface area contributed by atoms with E-state index in [0.29, 0.717) is 37.3 Å². The van der Waals surface area contributed by atoms with Crippen LogP contribution in [0.1, 0.15) is 87.2 Å². The highest BCUT2D eigenvalue weighted by Gasteiger charge is 2.50. The summed E-state index contributed by atoms with van der Waals surface area (Å²) in [6, 6.07) is 17.9. The van der Waals surface area contributed by atoms with E-state index in [0.717, 1.165) is 61.4 Å². The molecule has 0 spiro atoms. The third kappa shape index (κ3) is 6.70. The molecule has 4 heterocycles. The number of hydrogen-bond donors (Lipinski definition) is 2. The van der Waals surface area contributed by atoms with Gasteiger partial charge >= 0.3 is 0 Å². The monoisotopic (exact) mass is 638 g/mol. The third-order valence-corrected chi connectivity index (χ3v) is 11.9. The number of rotatable bonds is 11. The number of amides is 2. The number of benzene rings is 2. The maximum atomic E-state index is 13.5. The van der Waals surface area contributed by atoms with E-state index in [9.17, 15) is 9.59 Å². The Hall–Kier alpha value is -2.12. The Bertz CT molecular complexity index is 1190. The van der Waals surface area contributed by atoms with Crippen LogP contribution in [-0.2, 0) is 9.59 Å². The van der Waals surface area contributed by atoms with Gasteiger partial charge in [0, 0.05) is 47.3 Å². The molecule has 238 valence electrons. The summed E-state index contributed by atoms with van der Waals surface area (Å²) in [5.41, 5.74) is 2.46. The fourth-order valence-electron chi connectivity index (χ4n) is 9.02. The van der Waals surface area contributed by atoms with E-state index < -0.39 is 0 Å². The van der Waals surface area contributed by atoms with E-state index in [1.165, 1.54) is 24.0 Å². The van der Waals surface area contributed by atoms with Gasteiger partial charge in [-0.25, -0.2) is 0 Å².